The Morgan fingerprint density at radius 1 is 1.29 bits per heavy atom. The van der Waals surface area contributed by atoms with E-state index in [0.29, 0.717) is 12.3 Å². The first-order valence-electron chi connectivity index (χ1n) is 8.92. The molecular formula is C19H29ClN2O2. The molecule has 1 atom stereocenters. The quantitative estimate of drug-likeness (QED) is 0.881. The predicted molar refractivity (Wildman–Crippen MR) is 98.8 cm³/mol. The van der Waals surface area contributed by atoms with Crippen molar-refractivity contribution < 1.29 is 9.53 Å². The monoisotopic (exact) mass is 352 g/mol. The minimum atomic E-state index is 0. The smallest absolute Gasteiger partial charge is 0.223 e. The van der Waals surface area contributed by atoms with E-state index >= 15 is 0 Å². The fraction of sp³-hybridized carbons (Fsp3) is 0.632. The van der Waals surface area contributed by atoms with Gasteiger partial charge in [-0.2, -0.15) is 0 Å². The van der Waals surface area contributed by atoms with E-state index in [9.17, 15) is 4.79 Å². The van der Waals surface area contributed by atoms with E-state index in [-0.39, 0.29) is 18.4 Å². The summed E-state index contributed by atoms with van der Waals surface area (Å²) in [5.74, 6) is 1.92. The van der Waals surface area contributed by atoms with Gasteiger partial charge in [-0.1, -0.05) is 12.1 Å². The summed E-state index contributed by atoms with van der Waals surface area (Å²) < 4.78 is 5.33. The molecule has 0 aliphatic carbocycles. The second kappa shape index (κ2) is 9.28. The van der Waals surface area contributed by atoms with Crippen molar-refractivity contribution in [2.45, 2.75) is 44.6 Å². The number of nitrogens with one attached hydrogen (secondary N) is 1. The normalized spacial score (nSPS) is 21.4. The van der Waals surface area contributed by atoms with Gasteiger partial charge in [0.25, 0.3) is 0 Å². The molecule has 0 saturated carbocycles. The molecule has 2 fully saturated rings. The van der Waals surface area contributed by atoms with Crippen LogP contribution >= 0.6 is 12.4 Å². The van der Waals surface area contributed by atoms with Gasteiger partial charge in [-0.05, 0) is 68.8 Å². The number of ether oxygens (including phenoxy) is 1. The number of amides is 1. The van der Waals surface area contributed by atoms with Crippen molar-refractivity contribution in [2.75, 3.05) is 26.7 Å². The number of hydrogen-bond donors (Lipinski definition) is 1. The molecule has 1 N–H and O–H groups in total. The average molecular weight is 353 g/mol. The highest BCUT2D eigenvalue weighted by atomic mass is 35.5. The topological polar surface area (TPSA) is 41.6 Å². The van der Waals surface area contributed by atoms with Crippen LogP contribution in [-0.2, 0) is 4.79 Å². The number of carbonyl (C=O) groups excluding carboxylic acids is 1. The number of piperidine rings is 1. The van der Waals surface area contributed by atoms with Gasteiger partial charge in [-0.25, -0.2) is 0 Å². The van der Waals surface area contributed by atoms with Crippen LogP contribution < -0.4 is 10.1 Å². The summed E-state index contributed by atoms with van der Waals surface area (Å²) in [6, 6.07) is 8.39. The van der Waals surface area contributed by atoms with E-state index in [1.54, 1.807) is 7.11 Å². The van der Waals surface area contributed by atoms with E-state index in [1.807, 2.05) is 12.1 Å². The second-order valence-electron chi connectivity index (χ2n) is 6.75. The molecule has 0 spiro atoms. The highest BCUT2D eigenvalue weighted by molar-refractivity contribution is 5.85. The summed E-state index contributed by atoms with van der Waals surface area (Å²) in [6.07, 6.45) is 6.33. The molecule has 1 amide bonds. The van der Waals surface area contributed by atoms with Gasteiger partial charge in [0, 0.05) is 13.0 Å². The molecule has 2 aliphatic heterocycles. The average Bonchev–Trinajstić information content (AvgIpc) is 3.10. The lowest BCUT2D eigenvalue weighted by Crippen LogP contribution is -2.32. The Kier molecular flexibility index (Phi) is 7.38. The van der Waals surface area contributed by atoms with Crippen molar-refractivity contribution in [3.8, 4) is 5.75 Å². The molecule has 134 valence electrons. The maximum Gasteiger partial charge on any atom is 0.223 e. The highest BCUT2D eigenvalue weighted by Gasteiger charge is 2.30. The molecular weight excluding hydrogens is 324 g/mol. The predicted octanol–water partition coefficient (Wildman–Crippen LogP) is 3.56. The minimum Gasteiger partial charge on any atom is -0.497 e. The number of hydrogen-bond acceptors (Lipinski definition) is 3. The SMILES string of the molecule is COc1cccc(C2CCCN2C(=O)CCC2CCNCC2)c1.Cl. The van der Waals surface area contributed by atoms with Crippen molar-refractivity contribution in [1.82, 2.24) is 10.2 Å². The number of rotatable bonds is 5. The van der Waals surface area contributed by atoms with Crippen LogP contribution in [-0.4, -0.2) is 37.6 Å². The van der Waals surface area contributed by atoms with Gasteiger partial charge in [0.2, 0.25) is 5.91 Å². The molecule has 0 aromatic heterocycles. The van der Waals surface area contributed by atoms with Crippen LogP contribution in [0.3, 0.4) is 0 Å². The Labute approximate surface area is 151 Å². The molecule has 1 aromatic carbocycles. The first-order valence-corrected chi connectivity index (χ1v) is 8.92. The van der Waals surface area contributed by atoms with Gasteiger partial charge < -0.3 is 15.0 Å². The molecule has 2 heterocycles. The van der Waals surface area contributed by atoms with Crippen molar-refractivity contribution in [2.24, 2.45) is 5.92 Å². The number of carbonyl (C=O) groups is 1. The summed E-state index contributed by atoms with van der Waals surface area (Å²) in [7, 11) is 1.69. The van der Waals surface area contributed by atoms with Crippen LogP contribution in [0, 0.1) is 5.92 Å². The van der Waals surface area contributed by atoms with Crippen LogP contribution in [0.25, 0.3) is 0 Å². The largest absolute Gasteiger partial charge is 0.497 e. The molecule has 3 rings (SSSR count). The Balaban J connectivity index is 0.00000208. The highest BCUT2D eigenvalue weighted by Crippen LogP contribution is 2.34. The number of methoxy groups -OCH3 is 1. The molecule has 4 nitrogen and oxygen atoms in total. The fourth-order valence-electron chi connectivity index (χ4n) is 3.90. The lowest BCUT2D eigenvalue weighted by molar-refractivity contribution is -0.132. The Hall–Kier alpha value is -1.26. The zero-order valence-electron chi connectivity index (χ0n) is 14.5. The lowest BCUT2D eigenvalue weighted by atomic mass is 9.93. The Bertz CT molecular complexity index is 532. The molecule has 2 aliphatic rings. The summed E-state index contributed by atoms with van der Waals surface area (Å²) in [5.41, 5.74) is 1.21. The first-order chi connectivity index (χ1) is 11.3. The third-order valence-corrected chi connectivity index (χ3v) is 5.28. The number of likely N-dealkylation sites (tertiary alicyclic amines) is 1. The van der Waals surface area contributed by atoms with Crippen LogP contribution in [0.5, 0.6) is 5.75 Å². The standard InChI is InChI=1S/C19H28N2O2.ClH/c1-23-17-5-2-4-16(14-17)18-6-3-13-21(18)19(22)8-7-15-9-11-20-12-10-15;/h2,4-5,14-15,18,20H,3,6-13H2,1H3;1H. The maximum absolute atomic E-state index is 12.7. The summed E-state index contributed by atoms with van der Waals surface area (Å²) in [4.78, 5) is 14.8. The number of nitrogens with zero attached hydrogens (tertiary/aromatic N) is 1. The summed E-state index contributed by atoms with van der Waals surface area (Å²) in [6.45, 7) is 3.11. The fourth-order valence-corrected chi connectivity index (χ4v) is 3.90. The molecule has 2 saturated heterocycles. The zero-order valence-corrected chi connectivity index (χ0v) is 15.3. The van der Waals surface area contributed by atoms with Crippen molar-refractivity contribution in [1.29, 1.82) is 0 Å². The van der Waals surface area contributed by atoms with Gasteiger partial charge >= 0.3 is 0 Å². The first kappa shape index (κ1) is 19.1. The van der Waals surface area contributed by atoms with Crippen LogP contribution in [0.4, 0.5) is 0 Å². The van der Waals surface area contributed by atoms with Crippen molar-refractivity contribution in [3.05, 3.63) is 29.8 Å². The van der Waals surface area contributed by atoms with E-state index in [4.69, 9.17) is 4.74 Å². The van der Waals surface area contributed by atoms with Crippen LogP contribution in [0.2, 0.25) is 0 Å². The van der Waals surface area contributed by atoms with Gasteiger partial charge in [-0.3, -0.25) is 4.79 Å². The van der Waals surface area contributed by atoms with Crippen molar-refractivity contribution in [3.63, 3.8) is 0 Å². The molecule has 1 unspecified atom stereocenters. The molecule has 24 heavy (non-hydrogen) atoms. The third-order valence-electron chi connectivity index (χ3n) is 5.28. The molecule has 0 bridgehead atoms. The summed E-state index contributed by atoms with van der Waals surface area (Å²) >= 11 is 0. The van der Waals surface area contributed by atoms with E-state index in [0.717, 1.165) is 50.6 Å². The molecule has 5 heteroatoms. The lowest BCUT2D eigenvalue weighted by Gasteiger charge is -2.27. The van der Waals surface area contributed by atoms with Gasteiger partial charge in [-0.15, -0.1) is 12.4 Å². The zero-order chi connectivity index (χ0) is 16.1. The third kappa shape index (κ3) is 4.64. The molecule has 1 aromatic rings. The number of benzene rings is 1. The van der Waals surface area contributed by atoms with Gasteiger partial charge in [0.1, 0.15) is 5.75 Å². The van der Waals surface area contributed by atoms with E-state index in [1.165, 1.54) is 18.4 Å². The van der Waals surface area contributed by atoms with E-state index in [2.05, 4.69) is 22.3 Å². The summed E-state index contributed by atoms with van der Waals surface area (Å²) in [5, 5.41) is 3.39. The van der Waals surface area contributed by atoms with Gasteiger partial charge in [0.15, 0.2) is 0 Å². The van der Waals surface area contributed by atoms with Gasteiger partial charge in [0.05, 0.1) is 13.2 Å². The number of halogens is 1. The van der Waals surface area contributed by atoms with Crippen molar-refractivity contribution >= 4 is 18.3 Å². The maximum atomic E-state index is 12.7. The second-order valence-corrected chi connectivity index (χ2v) is 6.75. The Morgan fingerprint density at radius 2 is 2.08 bits per heavy atom. The molecule has 0 radical (unpaired) electrons. The van der Waals surface area contributed by atoms with E-state index < -0.39 is 0 Å². The minimum absolute atomic E-state index is 0. The van der Waals surface area contributed by atoms with Crippen LogP contribution in [0.15, 0.2) is 24.3 Å². The van der Waals surface area contributed by atoms with Crippen LogP contribution in [0.1, 0.15) is 50.1 Å². The Morgan fingerprint density at radius 3 is 2.83 bits per heavy atom.